The standard InChI is InChI=1S/C7H16NO5P/c1-2-7(13-14(11)12)8(3-5-9)4-6-10/h7,9-10H,2-6H2,1H3. The lowest BCUT2D eigenvalue weighted by molar-refractivity contribution is -0.196. The molecule has 2 N–H and O–H groups in total. The highest BCUT2D eigenvalue weighted by Gasteiger charge is 2.22. The first kappa shape index (κ1) is 13.9. The first-order valence-electron chi connectivity index (χ1n) is 4.42. The fraction of sp³-hybridized carbons (Fsp3) is 1.00. The van der Waals surface area contributed by atoms with E-state index >= 15 is 0 Å². The smallest absolute Gasteiger partial charge is 0.490 e. The van der Waals surface area contributed by atoms with Gasteiger partial charge in [0.2, 0.25) is 0 Å². The first-order chi connectivity index (χ1) is 6.65. The van der Waals surface area contributed by atoms with Crippen LogP contribution in [-0.4, -0.2) is 47.6 Å². The van der Waals surface area contributed by atoms with Crippen LogP contribution < -0.4 is 4.89 Å². The second kappa shape index (κ2) is 8.23. The summed E-state index contributed by atoms with van der Waals surface area (Å²) >= 11 is 0. The summed E-state index contributed by atoms with van der Waals surface area (Å²) in [5, 5.41) is 17.4. The van der Waals surface area contributed by atoms with Crippen molar-refractivity contribution in [3.8, 4) is 0 Å². The molecule has 0 fully saturated rings. The maximum atomic E-state index is 10.3. The number of aliphatic hydroxyl groups is 2. The molecule has 0 radical (unpaired) electrons. The van der Waals surface area contributed by atoms with Crippen LogP contribution in [0, 0.1) is 0 Å². The van der Waals surface area contributed by atoms with Gasteiger partial charge in [-0.1, -0.05) is 6.92 Å². The van der Waals surface area contributed by atoms with E-state index < -0.39 is 14.5 Å². The highest BCUT2D eigenvalue weighted by Crippen LogP contribution is 2.18. The molecule has 0 rings (SSSR count). The zero-order chi connectivity index (χ0) is 11.0. The summed E-state index contributed by atoms with van der Waals surface area (Å²) in [6.07, 6.45) is -0.126. The van der Waals surface area contributed by atoms with E-state index in [0.717, 1.165) is 0 Å². The largest absolute Gasteiger partial charge is 0.566 e. The highest BCUT2D eigenvalue weighted by atomic mass is 31.1. The van der Waals surface area contributed by atoms with Crippen LogP contribution in [0.2, 0.25) is 0 Å². The summed E-state index contributed by atoms with van der Waals surface area (Å²) in [6, 6.07) is 0. The predicted octanol–water partition coefficient (Wildman–Crippen LogP) is -0.957. The van der Waals surface area contributed by atoms with Gasteiger partial charge in [0.05, 0.1) is 13.2 Å². The van der Waals surface area contributed by atoms with Crippen molar-refractivity contribution < 1.29 is 24.2 Å². The average Bonchev–Trinajstić information content (AvgIpc) is 2.13. The van der Waals surface area contributed by atoms with Crippen LogP contribution >= 0.6 is 8.25 Å². The van der Waals surface area contributed by atoms with Crippen LogP contribution in [-0.2, 0) is 9.09 Å². The second-order valence-corrected chi connectivity index (χ2v) is 3.33. The van der Waals surface area contributed by atoms with Crippen LogP contribution in [0.1, 0.15) is 13.3 Å². The third-order valence-corrected chi connectivity index (χ3v) is 2.15. The van der Waals surface area contributed by atoms with Crippen molar-refractivity contribution >= 4 is 8.25 Å². The van der Waals surface area contributed by atoms with E-state index in [1.165, 1.54) is 0 Å². The van der Waals surface area contributed by atoms with E-state index in [2.05, 4.69) is 4.52 Å². The Balaban J connectivity index is 4.16. The molecule has 6 nitrogen and oxygen atoms in total. The summed E-state index contributed by atoms with van der Waals surface area (Å²) < 4.78 is 15.0. The average molecular weight is 225 g/mol. The Bertz CT molecular complexity index is 162. The summed E-state index contributed by atoms with van der Waals surface area (Å²) in [4.78, 5) is 11.9. The van der Waals surface area contributed by atoms with Gasteiger partial charge in [-0.25, -0.2) is 0 Å². The zero-order valence-corrected chi connectivity index (χ0v) is 9.02. The van der Waals surface area contributed by atoms with Crippen molar-refractivity contribution in [2.75, 3.05) is 26.3 Å². The van der Waals surface area contributed by atoms with Gasteiger partial charge >= 0.3 is 8.25 Å². The van der Waals surface area contributed by atoms with E-state index in [-0.39, 0.29) is 26.3 Å². The third-order valence-electron chi connectivity index (χ3n) is 1.74. The van der Waals surface area contributed by atoms with Crippen molar-refractivity contribution in [2.24, 2.45) is 0 Å². The van der Waals surface area contributed by atoms with Crippen molar-refractivity contribution in [1.82, 2.24) is 4.90 Å². The lowest BCUT2D eigenvalue weighted by Crippen LogP contribution is -2.40. The molecule has 2 unspecified atom stereocenters. The van der Waals surface area contributed by atoms with Gasteiger partial charge in [0.25, 0.3) is 0 Å². The topological polar surface area (TPSA) is 93.1 Å². The molecule has 0 aromatic heterocycles. The quantitative estimate of drug-likeness (QED) is 0.408. The normalized spacial score (nSPS) is 14.5. The molecule has 0 aromatic rings. The number of nitrogens with zero attached hydrogens (tertiary/aromatic N) is 1. The predicted molar refractivity (Wildman–Crippen MR) is 48.5 cm³/mol. The molecule has 14 heavy (non-hydrogen) atoms. The minimum Gasteiger partial charge on any atom is -0.566 e. The molecule has 84 valence electrons. The molecule has 7 heteroatoms. The van der Waals surface area contributed by atoms with Gasteiger partial charge in [0.15, 0.2) is 6.23 Å². The van der Waals surface area contributed by atoms with Crippen LogP contribution in [0.15, 0.2) is 0 Å². The fourth-order valence-corrected chi connectivity index (χ4v) is 1.64. The highest BCUT2D eigenvalue weighted by molar-refractivity contribution is 7.30. The molecule has 0 aliphatic rings. The minimum atomic E-state index is -2.90. The van der Waals surface area contributed by atoms with Crippen LogP contribution in [0.5, 0.6) is 0 Å². The van der Waals surface area contributed by atoms with Crippen LogP contribution in [0.25, 0.3) is 0 Å². The molecule has 0 aliphatic heterocycles. The Hall–Kier alpha value is -0.100. The first-order valence-corrected chi connectivity index (χ1v) is 5.52. The lowest BCUT2D eigenvalue weighted by atomic mass is 10.3. The number of hydrogen-bond acceptors (Lipinski definition) is 6. The van der Waals surface area contributed by atoms with Crippen molar-refractivity contribution in [3.63, 3.8) is 0 Å². The Morgan fingerprint density at radius 3 is 2.21 bits per heavy atom. The van der Waals surface area contributed by atoms with Crippen molar-refractivity contribution in [2.45, 2.75) is 19.6 Å². The van der Waals surface area contributed by atoms with Gasteiger partial charge in [0, 0.05) is 13.1 Å². The molecule has 0 aliphatic carbocycles. The summed E-state index contributed by atoms with van der Waals surface area (Å²) in [5.41, 5.74) is 0. The maximum absolute atomic E-state index is 10.3. The Morgan fingerprint density at radius 2 is 1.93 bits per heavy atom. The van der Waals surface area contributed by atoms with Gasteiger partial charge in [-0.2, -0.15) is 0 Å². The minimum absolute atomic E-state index is 0.102. The van der Waals surface area contributed by atoms with Gasteiger partial charge in [0.1, 0.15) is 0 Å². The Morgan fingerprint density at radius 1 is 1.43 bits per heavy atom. The van der Waals surface area contributed by atoms with Gasteiger partial charge < -0.3 is 15.1 Å². The molecule has 0 aromatic carbocycles. The summed E-state index contributed by atoms with van der Waals surface area (Å²) in [7, 11) is -2.90. The second-order valence-electron chi connectivity index (χ2n) is 2.68. The van der Waals surface area contributed by atoms with Crippen LogP contribution in [0.4, 0.5) is 0 Å². The fourth-order valence-electron chi connectivity index (χ4n) is 1.16. The zero-order valence-electron chi connectivity index (χ0n) is 8.13. The SMILES string of the molecule is CCC(O[P+](=O)[O-])N(CCO)CCO. The van der Waals surface area contributed by atoms with Crippen molar-refractivity contribution in [1.29, 1.82) is 0 Å². The molecule has 0 spiro atoms. The molecule has 0 saturated carbocycles. The monoisotopic (exact) mass is 225 g/mol. The molecule has 0 heterocycles. The van der Waals surface area contributed by atoms with Gasteiger partial charge in [-0.15, -0.1) is 4.52 Å². The van der Waals surface area contributed by atoms with E-state index in [4.69, 9.17) is 10.2 Å². The molecule has 0 bridgehead atoms. The van der Waals surface area contributed by atoms with E-state index in [0.29, 0.717) is 6.42 Å². The summed E-state index contributed by atoms with van der Waals surface area (Å²) in [5.74, 6) is 0. The molecule has 2 atom stereocenters. The number of aliphatic hydroxyl groups excluding tert-OH is 2. The van der Waals surface area contributed by atoms with Crippen molar-refractivity contribution in [3.05, 3.63) is 0 Å². The Kier molecular flexibility index (Phi) is 8.17. The van der Waals surface area contributed by atoms with E-state index in [1.54, 1.807) is 11.8 Å². The number of rotatable bonds is 8. The molecular weight excluding hydrogens is 209 g/mol. The van der Waals surface area contributed by atoms with Gasteiger partial charge in [-0.05, 0) is 11.0 Å². The van der Waals surface area contributed by atoms with E-state index in [9.17, 15) is 9.46 Å². The van der Waals surface area contributed by atoms with Crippen LogP contribution in [0.3, 0.4) is 0 Å². The number of hydrogen-bond donors (Lipinski definition) is 2. The molecule has 0 saturated heterocycles. The molecule has 0 amide bonds. The van der Waals surface area contributed by atoms with E-state index in [1.807, 2.05) is 0 Å². The maximum Gasteiger partial charge on any atom is 0.490 e. The lowest BCUT2D eigenvalue weighted by Gasteiger charge is -2.25. The van der Waals surface area contributed by atoms with Gasteiger partial charge in [-0.3, -0.25) is 4.90 Å². The Labute approximate surface area is 84.1 Å². The third kappa shape index (κ3) is 5.59. The molecular formula is C7H16NO5P. The summed E-state index contributed by atoms with van der Waals surface area (Å²) in [6.45, 7) is 2.13.